The molecule has 1 aliphatic rings. The largest absolute Gasteiger partial charge is 0.494 e. The van der Waals surface area contributed by atoms with Gasteiger partial charge in [-0.25, -0.2) is 9.38 Å². The number of aliphatic imine (C=N–C) groups is 1. The van der Waals surface area contributed by atoms with Crippen LogP contribution in [0.4, 0.5) is 4.39 Å². The number of rotatable bonds is 6. The first-order valence-corrected chi connectivity index (χ1v) is 9.22. The highest BCUT2D eigenvalue weighted by Gasteiger charge is 2.20. The third-order valence-electron chi connectivity index (χ3n) is 4.80. The number of nitrogens with zero attached hydrogens (tertiary/aromatic N) is 1. The van der Waals surface area contributed by atoms with Crippen LogP contribution < -0.4 is 4.74 Å². The number of benzene rings is 2. The number of ether oxygens (including phenoxy) is 2. The molecule has 0 amide bonds. The number of thiocarbonyl (C=S) groups is 1. The standard InChI is InChI=1S/C21H22FNO2S/c1-24-21-11-6-17(12-20(21)22)16-4-2-15(3-5-16)13-25-19-9-7-18(8-10-19)23-14-26/h2-6,11-12,18-19H,7-10,13H2,1H3/t18-,19+. The molecule has 3 rings (SSSR count). The van der Waals surface area contributed by atoms with Gasteiger partial charge in [-0.3, -0.25) is 0 Å². The molecule has 5 heteroatoms. The SMILES string of the molecule is COc1ccc(-c2ccc(CO[C@H]3CC[C@@H](N=C=S)CC3)cc2)cc1F. The van der Waals surface area contributed by atoms with E-state index in [4.69, 9.17) is 9.47 Å². The Morgan fingerprint density at radius 1 is 1.08 bits per heavy atom. The van der Waals surface area contributed by atoms with E-state index in [1.807, 2.05) is 30.3 Å². The zero-order valence-electron chi connectivity index (χ0n) is 14.8. The second-order valence-electron chi connectivity index (χ2n) is 6.51. The molecule has 0 spiro atoms. The monoisotopic (exact) mass is 371 g/mol. The Labute approximate surface area is 158 Å². The van der Waals surface area contributed by atoms with Crippen LogP contribution in [0, 0.1) is 5.82 Å². The van der Waals surface area contributed by atoms with Gasteiger partial charge in [0.05, 0.1) is 31.0 Å². The molecule has 2 aromatic carbocycles. The Morgan fingerprint density at radius 3 is 2.38 bits per heavy atom. The molecule has 136 valence electrons. The van der Waals surface area contributed by atoms with E-state index in [1.165, 1.54) is 13.2 Å². The number of halogens is 1. The summed E-state index contributed by atoms with van der Waals surface area (Å²) < 4.78 is 24.8. The van der Waals surface area contributed by atoms with E-state index in [9.17, 15) is 4.39 Å². The van der Waals surface area contributed by atoms with Crippen molar-refractivity contribution in [3.8, 4) is 16.9 Å². The van der Waals surface area contributed by atoms with Gasteiger partial charge in [0.15, 0.2) is 11.6 Å². The Bertz CT molecular complexity index is 779. The van der Waals surface area contributed by atoms with Crippen LogP contribution in [0.3, 0.4) is 0 Å². The van der Waals surface area contributed by atoms with Gasteiger partial charge in [-0.05, 0) is 66.7 Å². The lowest BCUT2D eigenvalue weighted by molar-refractivity contribution is 0.0140. The first-order valence-electron chi connectivity index (χ1n) is 8.81. The lowest BCUT2D eigenvalue weighted by Crippen LogP contribution is -2.23. The molecule has 1 fully saturated rings. The number of hydrogen-bond acceptors (Lipinski definition) is 4. The van der Waals surface area contributed by atoms with Crippen LogP contribution in [0.5, 0.6) is 5.75 Å². The van der Waals surface area contributed by atoms with Crippen molar-refractivity contribution in [3.63, 3.8) is 0 Å². The lowest BCUT2D eigenvalue weighted by atomic mass is 9.93. The highest BCUT2D eigenvalue weighted by atomic mass is 32.1. The van der Waals surface area contributed by atoms with Gasteiger partial charge in [0.1, 0.15) is 0 Å². The quantitative estimate of drug-likeness (QED) is 0.501. The van der Waals surface area contributed by atoms with Crippen molar-refractivity contribution in [2.24, 2.45) is 4.99 Å². The summed E-state index contributed by atoms with van der Waals surface area (Å²) in [4.78, 5) is 4.17. The Balaban J connectivity index is 1.55. The minimum atomic E-state index is -0.356. The fraction of sp³-hybridized carbons (Fsp3) is 0.381. The molecule has 0 bridgehead atoms. The van der Waals surface area contributed by atoms with Crippen LogP contribution in [0.2, 0.25) is 0 Å². The van der Waals surface area contributed by atoms with Gasteiger partial charge < -0.3 is 9.47 Å². The molecule has 0 N–H and O–H groups in total. The van der Waals surface area contributed by atoms with Gasteiger partial charge in [-0.15, -0.1) is 0 Å². The van der Waals surface area contributed by atoms with E-state index >= 15 is 0 Å². The van der Waals surface area contributed by atoms with Gasteiger partial charge in [-0.1, -0.05) is 30.3 Å². The number of isothiocyanates is 1. The summed E-state index contributed by atoms with van der Waals surface area (Å²) in [6.45, 7) is 0.586. The maximum absolute atomic E-state index is 13.9. The molecule has 0 atom stereocenters. The highest BCUT2D eigenvalue weighted by molar-refractivity contribution is 7.78. The van der Waals surface area contributed by atoms with Crippen LogP contribution in [-0.4, -0.2) is 24.4 Å². The fourth-order valence-electron chi connectivity index (χ4n) is 3.27. The Kier molecular flexibility index (Phi) is 6.51. The fourth-order valence-corrected chi connectivity index (χ4v) is 3.42. The van der Waals surface area contributed by atoms with Crippen molar-refractivity contribution < 1.29 is 13.9 Å². The van der Waals surface area contributed by atoms with Crippen LogP contribution in [-0.2, 0) is 11.3 Å². The molecular weight excluding hydrogens is 349 g/mol. The molecule has 0 aromatic heterocycles. The molecule has 0 saturated heterocycles. The summed E-state index contributed by atoms with van der Waals surface area (Å²) in [5.74, 6) is -0.101. The molecule has 0 heterocycles. The van der Waals surface area contributed by atoms with E-state index in [0.717, 1.165) is 42.4 Å². The van der Waals surface area contributed by atoms with Gasteiger partial charge >= 0.3 is 0 Å². The maximum atomic E-state index is 13.9. The molecule has 0 unspecified atom stereocenters. The summed E-state index contributed by atoms with van der Waals surface area (Å²) in [6, 6.07) is 13.3. The van der Waals surface area contributed by atoms with Gasteiger partial charge in [0, 0.05) is 0 Å². The smallest absolute Gasteiger partial charge is 0.165 e. The van der Waals surface area contributed by atoms with E-state index in [2.05, 4.69) is 22.4 Å². The molecular formula is C21H22FNO2S. The summed E-state index contributed by atoms with van der Waals surface area (Å²) in [5.41, 5.74) is 2.91. The second-order valence-corrected chi connectivity index (χ2v) is 6.69. The Morgan fingerprint density at radius 2 is 1.77 bits per heavy atom. The van der Waals surface area contributed by atoms with Crippen molar-refractivity contribution in [1.29, 1.82) is 0 Å². The van der Waals surface area contributed by atoms with Crippen molar-refractivity contribution in [1.82, 2.24) is 0 Å². The third-order valence-corrected chi connectivity index (χ3v) is 4.91. The maximum Gasteiger partial charge on any atom is 0.165 e. The van der Waals surface area contributed by atoms with Crippen LogP contribution in [0.1, 0.15) is 31.2 Å². The Hall–Kier alpha value is -2.07. The summed E-state index contributed by atoms with van der Waals surface area (Å²) in [7, 11) is 1.46. The third kappa shape index (κ3) is 4.76. The zero-order valence-corrected chi connectivity index (χ0v) is 15.6. The molecule has 0 aliphatic heterocycles. The van der Waals surface area contributed by atoms with Crippen molar-refractivity contribution in [2.45, 2.75) is 44.4 Å². The van der Waals surface area contributed by atoms with Gasteiger partial charge in [-0.2, -0.15) is 0 Å². The van der Waals surface area contributed by atoms with Crippen LogP contribution in [0.15, 0.2) is 47.5 Å². The second kappa shape index (κ2) is 9.04. The predicted molar refractivity (Wildman–Crippen MR) is 104 cm³/mol. The number of hydrogen-bond donors (Lipinski definition) is 0. The van der Waals surface area contributed by atoms with E-state index < -0.39 is 0 Å². The van der Waals surface area contributed by atoms with Crippen molar-refractivity contribution in [3.05, 3.63) is 53.8 Å². The topological polar surface area (TPSA) is 30.8 Å². The highest BCUT2D eigenvalue weighted by Crippen LogP contribution is 2.27. The molecule has 3 nitrogen and oxygen atoms in total. The molecule has 26 heavy (non-hydrogen) atoms. The van der Waals surface area contributed by atoms with Crippen molar-refractivity contribution in [2.75, 3.05) is 7.11 Å². The normalized spacial score (nSPS) is 19.6. The van der Waals surface area contributed by atoms with E-state index in [1.54, 1.807) is 6.07 Å². The van der Waals surface area contributed by atoms with Crippen molar-refractivity contribution >= 4 is 17.4 Å². The van der Waals surface area contributed by atoms with Gasteiger partial charge in [0.2, 0.25) is 0 Å². The average molecular weight is 371 g/mol. The molecule has 0 radical (unpaired) electrons. The summed E-state index contributed by atoms with van der Waals surface area (Å²) in [5, 5.41) is 2.48. The minimum Gasteiger partial charge on any atom is -0.494 e. The average Bonchev–Trinajstić information content (AvgIpc) is 2.68. The summed E-state index contributed by atoms with van der Waals surface area (Å²) in [6.07, 6.45) is 4.32. The summed E-state index contributed by atoms with van der Waals surface area (Å²) >= 11 is 4.67. The number of methoxy groups -OCH3 is 1. The first-order chi connectivity index (χ1) is 12.7. The zero-order chi connectivity index (χ0) is 18.4. The first kappa shape index (κ1) is 18.7. The van der Waals surface area contributed by atoms with E-state index in [-0.39, 0.29) is 17.7 Å². The van der Waals surface area contributed by atoms with Crippen LogP contribution >= 0.6 is 12.2 Å². The molecule has 2 aromatic rings. The van der Waals surface area contributed by atoms with Gasteiger partial charge in [0.25, 0.3) is 0 Å². The van der Waals surface area contributed by atoms with Crippen LogP contribution in [0.25, 0.3) is 11.1 Å². The molecule has 1 aliphatic carbocycles. The lowest BCUT2D eigenvalue weighted by Gasteiger charge is -2.25. The predicted octanol–water partition coefficient (Wildman–Crippen LogP) is 5.43. The minimum absolute atomic E-state index is 0.254. The molecule has 1 saturated carbocycles. The van der Waals surface area contributed by atoms with E-state index in [0.29, 0.717) is 12.6 Å².